The molecule has 0 aliphatic carbocycles. The fraction of sp³-hybridized carbons (Fsp3) is 0.360. The van der Waals surface area contributed by atoms with Crippen LogP contribution in [0.25, 0.3) is 0 Å². The van der Waals surface area contributed by atoms with Crippen molar-refractivity contribution >= 4 is 11.9 Å². The molecule has 0 bridgehead atoms. The monoisotopic (exact) mass is 410 g/mol. The van der Waals surface area contributed by atoms with Crippen molar-refractivity contribution < 1.29 is 23.8 Å². The van der Waals surface area contributed by atoms with Gasteiger partial charge in [-0.05, 0) is 55.0 Å². The third kappa shape index (κ3) is 8.11. The summed E-state index contributed by atoms with van der Waals surface area (Å²) in [6, 6.07) is 13.0. The van der Waals surface area contributed by atoms with Gasteiger partial charge in [0, 0.05) is 0 Å². The van der Waals surface area contributed by atoms with Gasteiger partial charge in [-0.1, -0.05) is 51.7 Å². The van der Waals surface area contributed by atoms with Crippen molar-refractivity contribution in [2.45, 2.75) is 45.4 Å². The maximum Gasteiger partial charge on any atom is 0.343 e. The number of unbranched alkanes of at least 4 members (excludes halogenated alkanes) is 5. The Balaban J connectivity index is 1.77. The number of carbonyl (C=O) groups excluding carboxylic acids is 2. The molecule has 0 N–H and O–H groups in total. The Labute approximate surface area is 178 Å². The number of hydrogen-bond donors (Lipinski definition) is 0. The molecule has 0 atom stereocenters. The molecular formula is C25H30O5. The van der Waals surface area contributed by atoms with E-state index in [0.29, 0.717) is 35.8 Å². The Morgan fingerprint density at radius 3 is 2.00 bits per heavy atom. The Morgan fingerprint density at radius 1 is 0.800 bits per heavy atom. The van der Waals surface area contributed by atoms with E-state index in [9.17, 15) is 9.59 Å². The lowest BCUT2D eigenvalue weighted by atomic mass is 10.1. The van der Waals surface area contributed by atoms with Gasteiger partial charge in [-0.15, -0.1) is 0 Å². The predicted molar refractivity (Wildman–Crippen MR) is 117 cm³/mol. The number of hydrogen-bond acceptors (Lipinski definition) is 5. The second-order valence-corrected chi connectivity index (χ2v) is 6.94. The summed E-state index contributed by atoms with van der Waals surface area (Å²) in [5.74, 6) is 0.162. The number of carbonyl (C=O) groups is 2. The van der Waals surface area contributed by atoms with Gasteiger partial charge < -0.3 is 14.2 Å². The van der Waals surface area contributed by atoms with Crippen molar-refractivity contribution in [3.63, 3.8) is 0 Å². The zero-order valence-electron chi connectivity index (χ0n) is 17.6. The summed E-state index contributed by atoms with van der Waals surface area (Å²) in [5.41, 5.74) is 0.841. The van der Waals surface area contributed by atoms with Crippen LogP contribution in [0.2, 0.25) is 0 Å². The van der Waals surface area contributed by atoms with E-state index in [1.165, 1.54) is 25.7 Å². The van der Waals surface area contributed by atoms with Gasteiger partial charge in [0.2, 0.25) is 0 Å². The molecule has 0 amide bonds. The summed E-state index contributed by atoms with van der Waals surface area (Å²) < 4.78 is 16.0. The standard InChI is InChI=1S/C25H30O5/c1-3-5-6-7-8-9-19-29-24(26)20-12-16-23(17-13-20)30-25(27)21-10-14-22(15-11-21)28-18-4-2/h4,10-17H,2-3,5-9,18-19H2,1H3. The molecular weight excluding hydrogens is 380 g/mol. The van der Waals surface area contributed by atoms with Crippen LogP contribution in [-0.2, 0) is 4.74 Å². The van der Waals surface area contributed by atoms with Crippen molar-refractivity contribution in [1.29, 1.82) is 0 Å². The molecule has 0 saturated heterocycles. The fourth-order valence-corrected chi connectivity index (χ4v) is 2.80. The van der Waals surface area contributed by atoms with E-state index >= 15 is 0 Å². The van der Waals surface area contributed by atoms with Crippen LogP contribution in [0.5, 0.6) is 11.5 Å². The van der Waals surface area contributed by atoms with Crippen LogP contribution in [0.1, 0.15) is 66.2 Å². The molecule has 0 spiro atoms. The van der Waals surface area contributed by atoms with Crippen LogP contribution in [0.15, 0.2) is 61.2 Å². The van der Waals surface area contributed by atoms with Crippen molar-refractivity contribution in [3.8, 4) is 11.5 Å². The molecule has 0 radical (unpaired) electrons. The third-order valence-electron chi connectivity index (χ3n) is 4.49. The maximum atomic E-state index is 12.3. The van der Waals surface area contributed by atoms with Crippen molar-refractivity contribution in [1.82, 2.24) is 0 Å². The first-order valence-electron chi connectivity index (χ1n) is 10.5. The van der Waals surface area contributed by atoms with Crippen LogP contribution in [0.4, 0.5) is 0 Å². The van der Waals surface area contributed by atoms with Crippen LogP contribution < -0.4 is 9.47 Å². The highest BCUT2D eigenvalue weighted by molar-refractivity contribution is 5.92. The van der Waals surface area contributed by atoms with E-state index in [1.807, 2.05) is 0 Å². The van der Waals surface area contributed by atoms with Crippen molar-refractivity contribution in [2.24, 2.45) is 0 Å². The first-order chi connectivity index (χ1) is 14.6. The summed E-state index contributed by atoms with van der Waals surface area (Å²) in [7, 11) is 0. The van der Waals surface area contributed by atoms with Gasteiger partial charge in [-0.25, -0.2) is 9.59 Å². The van der Waals surface area contributed by atoms with E-state index in [2.05, 4.69) is 13.5 Å². The van der Waals surface area contributed by atoms with Crippen molar-refractivity contribution in [2.75, 3.05) is 13.2 Å². The van der Waals surface area contributed by atoms with Gasteiger partial charge in [0.1, 0.15) is 18.1 Å². The van der Waals surface area contributed by atoms with Crippen LogP contribution in [0.3, 0.4) is 0 Å². The first-order valence-corrected chi connectivity index (χ1v) is 10.5. The minimum Gasteiger partial charge on any atom is -0.490 e. The maximum absolute atomic E-state index is 12.3. The molecule has 0 fully saturated rings. The molecule has 0 aliphatic rings. The average molecular weight is 411 g/mol. The Bertz CT molecular complexity index is 793. The van der Waals surface area contributed by atoms with Gasteiger partial charge in [-0.3, -0.25) is 0 Å². The number of ether oxygens (including phenoxy) is 3. The Kier molecular flexibility index (Phi) is 10.2. The fourth-order valence-electron chi connectivity index (χ4n) is 2.80. The zero-order valence-corrected chi connectivity index (χ0v) is 17.6. The lowest BCUT2D eigenvalue weighted by Gasteiger charge is -2.08. The first kappa shape index (κ1) is 23.2. The summed E-state index contributed by atoms with van der Waals surface area (Å²) in [5, 5.41) is 0. The second-order valence-electron chi connectivity index (χ2n) is 6.94. The Morgan fingerprint density at radius 2 is 1.37 bits per heavy atom. The van der Waals surface area contributed by atoms with E-state index in [4.69, 9.17) is 14.2 Å². The zero-order chi connectivity index (χ0) is 21.6. The van der Waals surface area contributed by atoms with Crippen LogP contribution >= 0.6 is 0 Å². The summed E-state index contributed by atoms with van der Waals surface area (Å²) in [4.78, 5) is 24.3. The molecule has 2 aromatic rings. The normalized spacial score (nSPS) is 10.3. The molecule has 0 unspecified atom stereocenters. The van der Waals surface area contributed by atoms with Crippen LogP contribution in [0, 0.1) is 0 Å². The van der Waals surface area contributed by atoms with E-state index in [1.54, 1.807) is 54.6 Å². The molecule has 5 nitrogen and oxygen atoms in total. The molecule has 160 valence electrons. The quantitative estimate of drug-likeness (QED) is 0.176. The highest BCUT2D eigenvalue weighted by Gasteiger charge is 2.11. The molecule has 0 heterocycles. The summed E-state index contributed by atoms with van der Waals surface area (Å²) in [6.07, 6.45) is 8.49. The van der Waals surface area contributed by atoms with Gasteiger partial charge in [-0.2, -0.15) is 0 Å². The average Bonchev–Trinajstić information content (AvgIpc) is 2.77. The third-order valence-corrected chi connectivity index (χ3v) is 4.49. The predicted octanol–water partition coefficient (Wildman–Crippen LogP) is 5.99. The SMILES string of the molecule is C=CCOc1ccc(C(=O)Oc2ccc(C(=O)OCCCCCCCC)cc2)cc1. The second kappa shape index (κ2) is 13.2. The van der Waals surface area contributed by atoms with Gasteiger partial charge in [0.15, 0.2) is 0 Å². The highest BCUT2D eigenvalue weighted by Crippen LogP contribution is 2.17. The Hall–Kier alpha value is -3.08. The molecule has 2 rings (SSSR count). The summed E-state index contributed by atoms with van der Waals surface area (Å²) in [6.45, 7) is 6.60. The minimum absolute atomic E-state index is 0.361. The smallest absolute Gasteiger partial charge is 0.343 e. The molecule has 0 aromatic heterocycles. The molecule has 5 heteroatoms. The minimum atomic E-state index is -0.483. The van der Waals surface area contributed by atoms with E-state index in [0.717, 1.165) is 12.8 Å². The molecule has 30 heavy (non-hydrogen) atoms. The van der Waals surface area contributed by atoms with Gasteiger partial charge in [0.25, 0.3) is 0 Å². The molecule has 2 aromatic carbocycles. The number of esters is 2. The number of benzene rings is 2. The highest BCUT2D eigenvalue weighted by atomic mass is 16.5. The van der Waals surface area contributed by atoms with E-state index in [-0.39, 0.29) is 5.97 Å². The molecule has 0 aliphatic heterocycles. The lowest BCUT2D eigenvalue weighted by molar-refractivity contribution is 0.0497. The van der Waals surface area contributed by atoms with Gasteiger partial charge in [0.05, 0.1) is 17.7 Å². The number of rotatable bonds is 13. The largest absolute Gasteiger partial charge is 0.490 e. The van der Waals surface area contributed by atoms with Gasteiger partial charge >= 0.3 is 11.9 Å². The topological polar surface area (TPSA) is 61.8 Å². The van der Waals surface area contributed by atoms with Crippen LogP contribution in [-0.4, -0.2) is 25.2 Å². The molecule has 0 saturated carbocycles. The lowest BCUT2D eigenvalue weighted by Crippen LogP contribution is -2.09. The van der Waals surface area contributed by atoms with E-state index < -0.39 is 5.97 Å². The summed E-state index contributed by atoms with van der Waals surface area (Å²) >= 11 is 0. The van der Waals surface area contributed by atoms with Crippen molar-refractivity contribution in [3.05, 3.63) is 72.3 Å².